The number of aromatic nitrogens is 2. The lowest BCUT2D eigenvalue weighted by atomic mass is 10.0. The molecule has 1 N–H and O–H groups in total. The summed E-state index contributed by atoms with van der Waals surface area (Å²) in [7, 11) is 0. The van der Waals surface area contributed by atoms with Crippen molar-refractivity contribution in [1.29, 1.82) is 0 Å². The van der Waals surface area contributed by atoms with Crippen molar-refractivity contribution in [2.45, 2.75) is 19.8 Å². The molecule has 0 radical (unpaired) electrons. The van der Waals surface area contributed by atoms with Crippen molar-refractivity contribution in [3.05, 3.63) is 40.3 Å². The SMILES string of the molecule is CC(C)c1c(Cl)cc(-c2cnc[nH]2)cc1Cl. The first kappa shape index (κ1) is 11.5. The highest BCUT2D eigenvalue weighted by atomic mass is 35.5. The lowest BCUT2D eigenvalue weighted by Crippen LogP contribution is -1.92. The maximum atomic E-state index is 6.23. The number of benzene rings is 1. The van der Waals surface area contributed by atoms with Crippen LogP contribution in [0.2, 0.25) is 10.0 Å². The average Bonchev–Trinajstić information content (AvgIpc) is 2.67. The molecule has 2 nitrogen and oxygen atoms in total. The summed E-state index contributed by atoms with van der Waals surface area (Å²) in [6.45, 7) is 4.14. The number of hydrogen-bond donors (Lipinski definition) is 1. The Morgan fingerprint density at radius 3 is 2.25 bits per heavy atom. The highest BCUT2D eigenvalue weighted by Crippen LogP contribution is 2.35. The summed E-state index contributed by atoms with van der Waals surface area (Å²) < 4.78 is 0. The van der Waals surface area contributed by atoms with E-state index in [4.69, 9.17) is 23.2 Å². The first-order valence-corrected chi connectivity index (χ1v) is 5.83. The van der Waals surface area contributed by atoms with Crippen LogP contribution < -0.4 is 0 Å². The van der Waals surface area contributed by atoms with Gasteiger partial charge in [0, 0.05) is 15.6 Å². The number of imidazole rings is 1. The van der Waals surface area contributed by atoms with Gasteiger partial charge < -0.3 is 4.98 Å². The molecule has 16 heavy (non-hydrogen) atoms. The Labute approximate surface area is 105 Å². The van der Waals surface area contributed by atoms with E-state index < -0.39 is 0 Å². The molecule has 0 fully saturated rings. The predicted octanol–water partition coefficient (Wildman–Crippen LogP) is 4.51. The molecule has 0 bridgehead atoms. The van der Waals surface area contributed by atoms with Crippen LogP contribution in [-0.2, 0) is 0 Å². The molecule has 2 rings (SSSR count). The van der Waals surface area contributed by atoms with E-state index in [0.29, 0.717) is 16.0 Å². The summed E-state index contributed by atoms with van der Waals surface area (Å²) in [5.74, 6) is 0.316. The van der Waals surface area contributed by atoms with Crippen LogP contribution in [0.25, 0.3) is 11.3 Å². The number of H-pyrrole nitrogens is 1. The molecule has 0 aliphatic rings. The minimum atomic E-state index is 0.316. The minimum absolute atomic E-state index is 0.316. The van der Waals surface area contributed by atoms with Crippen molar-refractivity contribution in [1.82, 2.24) is 9.97 Å². The molecule has 1 aromatic heterocycles. The Morgan fingerprint density at radius 1 is 1.19 bits per heavy atom. The van der Waals surface area contributed by atoms with Crippen molar-refractivity contribution in [2.24, 2.45) is 0 Å². The standard InChI is InChI=1S/C12H12Cl2N2/c1-7(2)12-9(13)3-8(4-10(12)14)11-5-15-6-16-11/h3-7H,1-2H3,(H,15,16). The van der Waals surface area contributed by atoms with Gasteiger partial charge >= 0.3 is 0 Å². The number of rotatable bonds is 2. The van der Waals surface area contributed by atoms with E-state index >= 15 is 0 Å². The first-order valence-electron chi connectivity index (χ1n) is 5.07. The molecule has 0 aliphatic carbocycles. The van der Waals surface area contributed by atoms with E-state index in [9.17, 15) is 0 Å². The molecule has 2 aromatic rings. The molecule has 0 amide bonds. The summed E-state index contributed by atoms with van der Waals surface area (Å²) in [4.78, 5) is 7.00. The van der Waals surface area contributed by atoms with Gasteiger partial charge in [0.1, 0.15) is 0 Å². The quantitative estimate of drug-likeness (QED) is 0.840. The number of nitrogens with zero attached hydrogens (tertiary/aromatic N) is 1. The number of halogens is 2. The van der Waals surface area contributed by atoms with Crippen molar-refractivity contribution in [2.75, 3.05) is 0 Å². The van der Waals surface area contributed by atoms with Crippen LogP contribution in [0.4, 0.5) is 0 Å². The Hall–Kier alpha value is -0.990. The van der Waals surface area contributed by atoms with Crippen molar-refractivity contribution in [3.8, 4) is 11.3 Å². The van der Waals surface area contributed by atoms with Gasteiger partial charge in [0.2, 0.25) is 0 Å². The van der Waals surface area contributed by atoms with Gasteiger partial charge in [0.15, 0.2) is 0 Å². The van der Waals surface area contributed by atoms with E-state index in [2.05, 4.69) is 23.8 Å². The lowest BCUT2D eigenvalue weighted by Gasteiger charge is -2.12. The minimum Gasteiger partial charge on any atom is -0.345 e. The summed E-state index contributed by atoms with van der Waals surface area (Å²) in [6.07, 6.45) is 3.38. The zero-order chi connectivity index (χ0) is 11.7. The Bertz CT molecular complexity index is 467. The topological polar surface area (TPSA) is 28.7 Å². The molecule has 0 spiro atoms. The van der Waals surface area contributed by atoms with Gasteiger partial charge in [-0.2, -0.15) is 0 Å². The van der Waals surface area contributed by atoms with E-state index in [-0.39, 0.29) is 0 Å². The van der Waals surface area contributed by atoms with Crippen LogP contribution in [0.1, 0.15) is 25.3 Å². The second kappa shape index (κ2) is 4.48. The van der Waals surface area contributed by atoms with Crippen molar-refractivity contribution >= 4 is 23.2 Å². The molecule has 0 saturated heterocycles. The molecule has 4 heteroatoms. The van der Waals surface area contributed by atoms with Gasteiger partial charge in [-0.3, -0.25) is 0 Å². The molecule has 0 aliphatic heterocycles. The molecule has 1 heterocycles. The second-order valence-corrected chi connectivity index (χ2v) is 4.79. The summed E-state index contributed by atoms with van der Waals surface area (Å²) in [5.41, 5.74) is 2.86. The zero-order valence-electron chi connectivity index (χ0n) is 9.09. The fourth-order valence-corrected chi connectivity index (χ4v) is 2.63. The highest BCUT2D eigenvalue weighted by Gasteiger charge is 2.12. The van der Waals surface area contributed by atoms with E-state index in [1.807, 2.05) is 12.1 Å². The van der Waals surface area contributed by atoms with Gasteiger partial charge in [-0.05, 0) is 23.6 Å². The van der Waals surface area contributed by atoms with E-state index in [1.54, 1.807) is 12.5 Å². The van der Waals surface area contributed by atoms with Gasteiger partial charge in [-0.15, -0.1) is 0 Å². The monoisotopic (exact) mass is 254 g/mol. The molecular weight excluding hydrogens is 243 g/mol. The van der Waals surface area contributed by atoms with Crippen molar-refractivity contribution < 1.29 is 0 Å². The molecular formula is C12H12Cl2N2. The average molecular weight is 255 g/mol. The third-order valence-electron chi connectivity index (χ3n) is 2.47. The zero-order valence-corrected chi connectivity index (χ0v) is 10.6. The molecule has 84 valence electrons. The largest absolute Gasteiger partial charge is 0.345 e. The Balaban J connectivity index is 2.53. The molecule has 0 unspecified atom stereocenters. The van der Waals surface area contributed by atoms with E-state index in [1.165, 1.54) is 0 Å². The van der Waals surface area contributed by atoms with Crippen molar-refractivity contribution in [3.63, 3.8) is 0 Å². The van der Waals surface area contributed by atoms with Crippen LogP contribution in [-0.4, -0.2) is 9.97 Å². The van der Waals surface area contributed by atoms with Crippen LogP contribution >= 0.6 is 23.2 Å². The number of nitrogens with one attached hydrogen (secondary N) is 1. The predicted molar refractivity (Wildman–Crippen MR) is 68.1 cm³/mol. The summed E-state index contributed by atoms with van der Waals surface area (Å²) in [5, 5.41) is 1.40. The maximum absolute atomic E-state index is 6.23. The smallest absolute Gasteiger partial charge is 0.0924 e. The van der Waals surface area contributed by atoms with Gasteiger partial charge in [0.25, 0.3) is 0 Å². The van der Waals surface area contributed by atoms with Crippen LogP contribution in [0, 0.1) is 0 Å². The lowest BCUT2D eigenvalue weighted by molar-refractivity contribution is 0.867. The fourth-order valence-electron chi connectivity index (χ4n) is 1.71. The van der Waals surface area contributed by atoms with Crippen LogP contribution in [0.15, 0.2) is 24.7 Å². The number of aromatic amines is 1. The third kappa shape index (κ3) is 2.08. The highest BCUT2D eigenvalue weighted by molar-refractivity contribution is 6.36. The summed E-state index contributed by atoms with van der Waals surface area (Å²) >= 11 is 12.5. The van der Waals surface area contributed by atoms with Crippen LogP contribution in [0.5, 0.6) is 0 Å². The molecule has 0 atom stereocenters. The fraction of sp³-hybridized carbons (Fsp3) is 0.250. The van der Waals surface area contributed by atoms with Gasteiger partial charge in [0.05, 0.1) is 18.2 Å². The second-order valence-electron chi connectivity index (χ2n) is 3.97. The van der Waals surface area contributed by atoms with Gasteiger partial charge in [-0.25, -0.2) is 4.98 Å². The van der Waals surface area contributed by atoms with Crippen LogP contribution in [0.3, 0.4) is 0 Å². The third-order valence-corrected chi connectivity index (χ3v) is 3.09. The normalized spacial score (nSPS) is 11.1. The first-order chi connectivity index (χ1) is 7.59. The summed E-state index contributed by atoms with van der Waals surface area (Å²) in [6, 6.07) is 3.83. The Morgan fingerprint density at radius 2 is 1.81 bits per heavy atom. The number of hydrogen-bond acceptors (Lipinski definition) is 1. The Kier molecular flexibility index (Phi) is 3.22. The van der Waals surface area contributed by atoms with E-state index in [0.717, 1.165) is 16.8 Å². The van der Waals surface area contributed by atoms with Gasteiger partial charge in [-0.1, -0.05) is 37.0 Å². The molecule has 1 aromatic carbocycles. The molecule has 0 saturated carbocycles. The maximum Gasteiger partial charge on any atom is 0.0924 e.